The van der Waals surface area contributed by atoms with Crippen molar-refractivity contribution in [1.29, 1.82) is 0 Å². The number of fused-ring (bicyclic) bond motifs is 3. The Kier molecular flexibility index (Phi) is 9.56. The maximum absolute atomic E-state index is 13.4. The second kappa shape index (κ2) is 13.3. The topological polar surface area (TPSA) is 79.4 Å². The number of ether oxygens (including phenoxy) is 2. The molecule has 0 fully saturated rings. The number of hydrogen-bond donors (Lipinski definition) is 0. The van der Waals surface area contributed by atoms with Crippen molar-refractivity contribution in [3.63, 3.8) is 0 Å². The number of rotatable bonds is 11. The second-order valence-corrected chi connectivity index (χ2v) is 10.3. The van der Waals surface area contributed by atoms with Gasteiger partial charge in [-0.1, -0.05) is 78.9 Å². The van der Waals surface area contributed by atoms with Crippen LogP contribution in [0.15, 0.2) is 78.9 Å². The molecular weight excluding hydrogens is 506 g/mol. The van der Waals surface area contributed by atoms with Crippen LogP contribution in [0.5, 0.6) is 0 Å². The predicted octanol–water partition coefficient (Wildman–Crippen LogP) is 4.39. The number of hydrogen-bond acceptors (Lipinski definition) is 6. The fraction of sp³-hybridized carbons (Fsp3) is 0.344. The van der Waals surface area contributed by atoms with E-state index in [4.69, 9.17) is 9.47 Å². The molecule has 1 aliphatic carbocycles. The van der Waals surface area contributed by atoms with Gasteiger partial charge in [0.25, 0.3) is 0 Å². The third kappa shape index (κ3) is 6.87. The van der Waals surface area contributed by atoms with Gasteiger partial charge in [-0.15, -0.1) is 0 Å². The highest BCUT2D eigenvalue weighted by atomic mass is 16.6. The van der Waals surface area contributed by atoms with E-state index in [2.05, 4.69) is 12.1 Å². The molecule has 210 valence electrons. The first-order chi connectivity index (χ1) is 19.3. The second-order valence-electron chi connectivity index (χ2n) is 10.3. The largest absolute Gasteiger partial charge is 0.461 e. The van der Waals surface area contributed by atoms with E-state index >= 15 is 0 Å². The Hall–Kier alpha value is -4.17. The standard InChI is InChI=1S/C32H37N3O5/c1-33(2)18-19-34(3)31(37)29(20-30(36)39-21-23-12-6-5-7-13-23)35(4)32(38)40-22-28-26-16-10-8-14-24(26)25-15-9-11-17-27(25)28/h5-17,28-29H,18-22H2,1-4H3/t29-/m0/s1. The lowest BCUT2D eigenvalue weighted by molar-refractivity contribution is -0.150. The maximum atomic E-state index is 13.4. The minimum absolute atomic E-state index is 0.0890. The molecule has 8 heteroatoms. The summed E-state index contributed by atoms with van der Waals surface area (Å²) in [6.45, 7) is 1.29. The summed E-state index contributed by atoms with van der Waals surface area (Å²) in [7, 11) is 6.99. The number of carbonyl (C=O) groups excluding carboxylic acids is 3. The summed E-state index contributed by atoms with van der Waals surface area (Å²) >= 11 is 0. The summed E-state index contributed by atoms with van der Waals surface area (Å²) in [6, 6.07) is 24.4. The Morgan fingerprint density at radius 1 is 0.750 bits per heavy atom. The molecule has 4 rings (SSSR count). The molecule has 3 aromatic carbocycles. The van der Waals surface area contributed by atoms with Crippen molar-refractivity contribution in [1.82, 2.24) is 14.7 Å². The third-order valence-electron chi connectivity index (χ3n) is 7.24. The highest BCUT2D eigenvalue weighted by Crippen LogP contribution is 2.44. The van der Waals surface area contributed by atoms with Crippen LogP contribution in [0.4, 0.5) is 4.79 Å². The van der Waals surface area contributed by atoms with Crippen molar-refractivity contribution in [3.05, 3.63) is 95.6 Å². The summed E-state index contributed by atoms with van der Waals surface area (Å²) in [5.41, 5.74) is 5.29. The molecule has 3 aromatic rings. The smallest absolute Gasteiger partial charge is 0.410 e. The van der Waals surface area contributed by atoms with Gasteiger partial charge < -0.3 is 19.3 Å². The number of likely N-dealkylation sites (N-methyl/N-ethyl adjacent to an activating group) is 3. The summed E-state index contributed by atoms with van der Waals surface area (Å²) in [5, 5.41) is 0. The fourth-order valence-electron chi connectivity index (χ4n) is 4.88. The third-order valence-corrected chi connectivity index (χ3v) is 7.24. The summed E-state index contributed by atoms with van der Waals surface area (Å²) in [4.78, 5) is 44.3. The highest BCUT2D eigenvalue weighted by molar-refractivity contribution is 5.89. The average molecular weight is 544 g/mol. The van der Waals surface area contributed by atoms with Crippen molar-refractivity contribution in [3.8, 4) is 11.1 Å². The summed E-state index contributed by atoms with van der Waals surface area (Å²) < 4.78 is 11.2. The lowest BCUT2D eigenvalue weighted by Crippen LogP contribution is -2.50. The minimum atomic E-state index is -1.06. The normalized spacial score (nSPS) is 12.8. The van der Waals surface area contributed by atoms with Gasteiger partial charge in [0.1, 0.15) is 19.3 Å². The van der Waals surface area contributed by atoms with Gasteiger partial charge in [-0.3, -0.25) is 14.5 Å². The van der Waals surface area contributed by atoms with Crippen LogP contribution in [0.25, 0.3) is 11.1 Å². The van der Waals surface area contributed by atoms with Gasteiger partial charge in [-0.2, -0.15) is 0 Å². The van der Waals surface area contributed by atoms with Gasteiger partial charge in [0.05, 0.1) is 6.42 Å². The predicted molar refractivity (Wildman–Crippen MR) is 154 cm³/mol. The highest BCUT2D eigenvalue weighted by Gasteiger charge is 2.34. The van der Waals surface area contributed by atoms with Crippen LogP contribution < -0.4 is 0 Å². The molecule has 1 atom stereocenters. The molecule has 0 N–H and O–H groups in total. The van der Waals surface area contributed by atoms with E-state index in [1.807, 2.05) is 85.7 Å². The molecular formula is C32H37N3O5. The first-order valence-electron chi connectivity index (χ1n) is 13.4. The molecule has 0 aromatic heterocycles. The number of benzene rings is 3. The number of carbonyl (C=O) groups is 3. The van der Waals surface area contributed by atoms with Crippen LogP contribution in [0.1, 0.15) is 29.0 Å². The van der Waals surface area contributed by atoms with E-state index < -0.39 is 18.1 Å². The molecule has 2 amide bonds. The first-order valence-corrected chi connectivity index (χ1v) is 13.4. The quantitative estimate of drug-likeness (QED) is 0.334. The summed E-state index contributed by atoms with van der Waals surface area (Å²) in [5.74, 6) is -1.03. The van der Waals surface area contributed by atoms with Crippen LogP contribution in [0.2, 0.25) is 0 Å². The Labute approximate surface area is 236 Å². The zero-order valence-corrected chi connectivity index (χ0v) is 23.6. The van der Waals surface area contributed by atoms with Crippen molar-refractivity contribution in [2.75, 3.05) is 47.9 Å². The lowest BCUT2D eigenvalue weighted by atomic mass is 9.98. The van der Waals surface area contributed by atoms with Gasteiger partial charge in [-0.05, 0) is 41.9 Å². The van der Waals surface area contributed by atoms with E-state index in [1.165, 1.54) is 16.8 Å². The number of nitrogens with zero attached hydrogens (tertiary/aromatic N) is 3. The lowest BCUT2D eigenvalue weighted by Gasteiger charge is -2.30. The molecule has 8 nitrogen and oxygen atoms in total. The molecule has 1 aliphatic rings. The van der Waals surface area contributed by atoms with Crippen LogP contribution in [0, 0.1) is 0 Å². The molecule has 0 radical (unpaired) electrons. The van der Waals surface area contributed by atoms with Gasteiger partial charge in [0.15, 0.2) is 0 Å². The average Bonchev–Trinajstić information content (AvgIpc) is 3.29. The zero-order valence-electron chi connectivity index (χ0n) is 23.6. The molecule has 40 heavy (non-hydrogen) atoms. The minimum Gasteiger partial charge on any atom is -0.461 e. The van der Waals surface area contributed by atoms with Gasteiger partial charge in [0.2, 0.25) is 5.91 Å². The van der Waals surface area contributed by atoms with Gasteiger partial charge >= 0.3 is 12.1 Å². The molecule has 0 unspecified atom stereocenters. The SMILES string of the molecule is CN(C)CCN(C)C(=O)[C@H](CC(=O)OCc1ccccc1)N(C)C(=O)OCC1c2ccccc2-c2ccccc21. The monoisotopic (exact) mass is 543 g/mol. The molecule has 0 aliphatic heterocycles. The summed E-state index contributed by atoms with van der Waals surface area (Å²) in [6.07, 6.45) is -0.948. The van der Waals surface area contributed by atoms with E-state index in [1.54, 1.807) is 7.05 Å². The Balaban J connectivity index is 1.45. The van der Waals surface area contributed by atoms with Crippen molar-refractivity contribution < 1.29 is 23.9 Å². The number of esters is 1. The molecule has 0 saturated carbocycles. The van der Waals surface area contributed by atoms with E-state index in [-0.39, 0.29) is 31.5 Å². The fourth-order valence-corrected chi connectivity index (χ4v) is 4.88. The van der Waals surface area contributed by atoms with Crippen LogP contribution in [-0.4, -0.2) is 86.6 Å². The van der Waals surface area contributed by atoms with Crippen LogP contribution in [-0.2, 0) is 25.7 Å². The van der Waals surface area contributed by atoms with Crippen molar-refractivity contribution in [2.24, 2.45) is 0 Å². The van der Waals surface area contributed by atoms with Crippen molar-refractivity contribution in [2.45, 2.75) is 25.0 Å². The Morgan fingerprint density at radius 3 is 1.93 bits per heavy atom. The Morgan fingerprint density at radius 2 is 1.32 bits per heavy atom. The maximum Gasteiger partial charge on any atom is 0.410 e. The van der Waals surface area contributed by atoms with Crippen LogP contribution >= 0.6 is 0 Å². The molecule has 0 spiro atoms. The Bertz CT molecular complexity index is 1280. The van der Waals surface area contributed by atoms with E-state index in [9.17, 15) is 14.4 Å². The van der Waals surface area contributed by atoms with Gasteiger partial charge in [0, 0.05) is 33.1 Å². The van der Waals surface area contributed by atoms with Gasteiger partial charge in [-0.25, -0.2) is 4.79 Å². The zero-order chi connectivity index (χ0) is 28.6. The van der Waals surface area contributed by atoms with E-state index in [0.717, 1.165) is 27.8 Å². The van der Waals surface area contributed by atoms with Crippen molar-refractivity contribution >= 4 is 18.0 Å². The first kappa shape index (κ1) is 28.8. The molecule has 0 saturated heterocycles. The molecule has 0 heterocycles. The number of amides is 2. The molecule has 0 bridgehead atoms. The van der Waals surface area contributed by atoms with E-state index in [0.29, 0.717) is 13.1 Å². The van der Waals surface area contributed by atoms with Crippen LogP contribution in [0.3, 0.4) is 0 Å².